The molecule has 0 spiro atoms. The Labute approximate surface area is 119 Å². The maximum absolute atomic E-state index is 10.8. The molecule has 3 rings (SSSR count). The number of carbonyl (C=O) groups is 1. The third-order valence-electron chi connectivity index (χ3n) is 2.93. The van der Waals surface area contributed by atoms with E-state index in [1.165, 1.54) is 11.3 Å². The number of carboxylic acid groups (broad SMARTS) is 1. The number of fused-ring (bicyclic) bond motifs is 1. The highest BCUT2D eigenvalue weighted by molar-refractivity contribution is 7.10. The van der Waals surface area contributed by atoms with Gasteiger partial charge in [0.1, 0.15) is 5.82 Å². The lowest BCUT2D eigenvalue weighted by Crippen LogP contribution is -2.12. The third-order valence-corrected chi connectivity index (χ3v) is 3.87. The molecular weight excluding hydrogens is 274 g/mol. The SMILES string of the molecule is O=C(O)c1csc(CNCc2nc3ccccc3[nH]2)c1. The van der Waals surface area contributed by atoms with Crippen molar-refractivity contribution in [1.29, 1.82) is 0 Å². The number of aromatic carboxylic acids is 1. The number of nitrogens with one attached hydrogen (secondary N) is 2. The lowest BCUT2D eigenvalue weighted by molar-refractivity contribution is 0.0697. The number of carboxylic acids is 1. The predicted octanol–water partition coefficient (Wildman–Crippen LogP) is 2.61. The van der Waals surface area contributed by atoms with Crippen LogP contribution in [0.3, 0.4) is 0 Å². The van der Waals surface area contributed by atoms with Crippen molar-refractivity contribution < 1.29 is 9.90 Å². The number of para-hydroxylation sites is 2. The van der Waals surface area contributed by atoms with Crippen molar-refractivity contribution in [2.24, 2.45) is 0 Å². The first-order valence-corrected chi connectivity index (χ1v) is 7.05. The van der Waals surface area contributed by atoms with Gasteiger partial charge in [-0.15, -0.1) is 11.3 Å². The summed E-state index contributed by atoms with van der Waals surface area (Å²) >= 11 is 1.44. The van der Waals surface area contributed by atoms with Gasteiger partial charge in [0.05, 0.1) is 23.1 Å². The fourth-order valence-electron chi connectivity index (χ4n) is 1.98. The minimum absolute atomic E-state index is 0.343. The summed E-state index contributed by atoms with van der Waals surface area (Å²) in [6.07, 6.45) is 0. The number of hydrogen-bond donors (Lipinski definition) is 3. The van der Waals surface area contributed by atoms with Crippen LogP contribution in [0.25, 0.3) is 11.0 Å². The smallest absolute Gasteiger partial charge is 0.336 e. The fraction of sp³-hybridized carbons (Fsp3) is 0.143. The van der Waals surface area contributed by atoms with E-state index >= 15 is 0 Å². The van der Waals surface area contributed by atoms with Crippen molar-refractivity contribution in [3.63, 3.8) is 0 Å². The molecule has 0 aliphatic heterocycles. The van der Waals surface area contributed by atoms with E-state index in [1.54, 1.807) is 11.4 Å². The molecule has 0 atom stereocenters. The third kappa shape index (κ3) is 2.71. The van der Waals surface area contributed by atoms with Crippen molar-refractivity contribution in [2.75, 3.05) is 0 Å². The molecule has 102 valence electrons. The maximum Gasteiger partial charge on any atom is 0.336 e. The normalized spacial score (nSPS) is 11.0. The highest BCUT2D eigenvalue weighted by Crippen LogP contribution is 2.15. The van der Waals surface area contributed by atoms with E-state index in [1.807, 2.05) is 24.3 Å². The van der Waals surface area contributed by atoms with E-state index in [2.05, 4.69) is 15.3 Å². The van der Waals surface area contributed by atoms with E-state index in [0.717, 1.165) is 21.7 Å². The summed E-state index contributed by atoms with van der Waals surface area (Å²) in [6.45, 7) is 1.25. The van der Waals surface area contributed by atoms with Gasteiger partial charge in [0.25, 0.3) is 0 Å². The zero-order valence-electron chi connectivity index (χ0n) is 10.6. The molecule has 5 nitrogen and oxygen atoms in total. The summed E-state index contributed by atoms with van der Waals surface area (Å²) in [5.74, 6) is -0.00833. The van der Waals surface area contributed by atoms with Gasteiger partial charge in [0, 0.05) is 16.8 Å². The van der Waals surface area contributed by atoms with E-state index in [-0.39, 0.29) is 0 Å². The summed E-state index contributed by atoms with van der Waals surface area (Å²) < 4.78 is 0. The van der Waals surface area contributed by atoms with Gasteiger partial charge in [0.15, 0.2) is 0 Å². The number of aromatic amines is 1. The number of rotatable bonds is 5. The quantitative estimate of drug-likeness (QED) is 0.674. The van der Waals surface area contributed by atoms with Crippen LogP contribution in [0, 0.1) is 0 Å². The van der Waals surface area contributed by atoms with E-state index in [4.69, 9.17) is 5.11 Å². The van der Waals surface area contributed by atoms with Crippen molar-refractivity contribution in [2.45, 2.75) is 13.1 Å². The molecule has 1 aromatic carbocycles. The van der Waals surface area contributed by atoms with Crippen LogP contribution in [0.4, 0.5) is 0 Å². The predicted molar refractivity (Wildman–Crippen MR) is 77.9 cm³/mol. The maximum atomic E-state index is 10.8. The molecule has 20 heavy (non-hydrogen) atoms. The van der Waals surface area contributed by atoms with Gasteiger partial charge < -0.3 is 15.4 Å². The van der Waals surface area contributed by atoms with Crippen LogP contribution in [-0.4, -0.2) is 21.0 Å². The second kappa shape index (κ2) is 5.44. The number of hydrogen-bond acceptors (Lipinski definition) is 4. The van der Waals surface area contributed by atoms with Crippen molar-refractivity contribution in [1.82, 2.24) is 15.3 Å². The first-order chi connectivity index (χ1) is 9.72. The summed E-state index contributed by atoms with van der Waals surface area (Å²) in [6, 6.07) is 9.58. The van der Waals surface area contributed by atoms with E-state index in [0.29, 0.717) is 18.7 Å². The van der Waals surface area contributed by atoms with Crippen molar-refractivity contribution in [3.05, 3.63) is 52.0 Å². The zero-order chi connectivity index (χ0) is 13.9. The molecule has 0 unspecified atom stereocenters. The molecule has 0 aliphatic rings. The van der Waals surface area contributed by atoms with Crippen molar-refractivity contribution in [3.8, 4) is 0 Å². The molecule has 3 aromatic rings. The van der Waals surface area contributed by atoms with Crippen LogP contribution < -0.4 is 5.32 Å². The fourth-order valence-corrected chi connectivity index (χ4v) is 2.81. The van der Waals surface area contributed by atoms with Crippen LogP contribution in [0.5, 0.6) is 0 Å². The molecule has 2 aromatic heterocycles. The van der Waals surface area contributed by atoms with E-state index in [9.17, 15) is 4.79 Å². The minimum atomic E-state index is -0.884. The first-order valence-electron chi connectivity index (χ1n) is 6.17. The minimum Gasteiger partial charge on any atom is -0.478 e. The molecule has 2 heterocycles. The van der Waals surface area contributed by atoms with Gasteiger partial charge in [-0.3, -0.25) is 0 Å². The molecule has 0 bridgehead atoms. The van der Waals surface area contributed by atoms with Gasteiger partial charge in [-0.25, -0.2) is 9.78 Å². The number of H-pyrrole nitrogens is 1. The monoisotopic (exact) mass is 287 g/mol. The Balaban J connectivity index is 1.60. The molecule has 0 saturated carbocycles. The molecule has 0 fully saturated rings. The molecule has 0 saturated heterocycles. The summed E-state index contributed by atoms with van der Waals surface area (Å²) in [4.78, 5) is 19.5. The Kier molecular flexibility index (Phi) is 3.49. The highest BCUT2D eigenvalue weighted by atomic mass is 32.1. The van der Waals surface area contributed by atoms with Crippen molar-refractivity contribution >= 4 is 28.3 Å². The molecule has 6 heteroatoms. The highest BCUT2D eigenvalue weighted by Gasteiger charge is 2.06. The Morgan fingerprint density at radius 3 is 2.95 bits per heavy atom. The summed E-state index contributed by atoms with van der Waals surface area (Å²) in [5.41, 5.74) is 2.32. The van der Waals surface area contributed by atoms with Gasteiger partial charge in [-0.1, -0.05) is 12.1 Å². The molecule has 0 radical (unpaired) electrons. The lowest BCUT2D eigenvalue weighted by atomic mass is 10.3. The molecular formula is C14H13N3O2S. The summed E-state index contributed by atoms with van der Waals surface area (Å²) in [7, 11) is 0. The van der Waals surface area contributed by atoms with Gasteiger partial charge in [-0.05, 0) is 18.2 Å². The van der Waals surface area contributed by atoms with Crippen LogP contribution in [0.15, 0.2) is 35.7 Å². The first kappa shape index (κ1) is 12.8. The average Bonchev–Trinajstić information content (AvgIpc) is 3.04. The molecule has 0 aliphatic carbocycles. The number of nitrogens with zero attached hydrogens (tertiary/aromatic N) is 1. The van der Waals surface area contributed by atoms with Gasteiger partial charge in [-0.2, -0.15) is 0 Å². The van der Waals surface area contributed by atoms with Crippen LogP contribution in [0.1, 0.15) is 21.1 Å². The summed E-state index contributed by atoms with van der Waals surface area (Å²) in [5, 5.41) is 13.8. The molecule has 3 N–H and O–H groups in total. The second-order valence-electron chi connectivity index (χ2n) is 4.41. The standard InChI is InChI=1S/C14H13N3O2S/c18-14(19)9-5-10(20-8-9)6-15-7-13-16-11-3-1-2-4-12(11)17-13/h1-5,8,15H,6-7H2,(H,16,17)(H,18,19). The van der Waals surface area contributed by atoms with E-state index < -0.39 is 5.97 Å². The van der Waals surface area contributed by atoms with Crippen LogP contribution >= 0.6 is 11.3 Å². The Hall–Kier alpha value is -2.18. The van der Waals surface area contributed by atoms with Gasteiger partial charge >= 0.3 is 5.97 Å². The molecule has 0 amide bonds. The number of aromatic nitrogens is 2. The van der Waals surface area contributed by atoms with Gasteiger partial charge in [0.2, 0.25) is 0 Å². The Morgan fingerprint density at radius 1 is 1.35 bits per heavy atom. The average molecular weight is 287 g/mol. The number of benzene rings is 1. The number of thiophene rings is 1. The zero-order valence-corrected chi connectivity index (χ0v) is 11.4. The second-order valence-corrected chi connectivity index (χ2v) is 5.41. The Morgan fingerprint density at radius 2 is 2.20 bits per heavy atom. The largest absolute Gasteiger partial charge is 0.478 e. The topological polar surface area (TPSA) is 78.0 Å². The van der Waals surface area contributed by atoms with Crippen LogP contribution in [0.2, 0.25) is 0 Å². The van der Waals surface area contributed by atoms with Crippen LogP contribution in [-0.2, 0) is 13.1 Å². The number of imidazole rings is 1. The Bertz CT molecular complexity index is 715. The lowest BCUT2D eigenvalue weighted by Gasteiger charge is -1.99.